The molecule has 2 N–H and O–H groups in total. The average molecular weight is 281 g/mol. The van der Waals surface area contributed by atoms with E-state index in [-0.39, 0.29) is 5.91 Å². The predicted molar refractivity (Wildman–Crippen MR) is 80.1 cm³/mol. The third kappa shape index (κ3) is 2.72. The Balaban J connectivity index is 1.75. The lowest BCUT2D eigenvalue weighted by molar-refractivity contribution is 0.102. The van der Waals surface area contributed by atoms with Crippen LogP contribution >= 0.6 is 0 Å². The van der Waals surface area contributed by atoms with Crippen molar-refractivity contribution in [3.63, 3.8) is 0 Å². The van der Waals surface area contributed by atoms with E-state index in [1.54, 1.807) is 12.3 Å². The predicted octanol–water partition coefficient (Wildman–Crippen LogP) is 3.48. The van der Waals surface area contributed by atoms with Gasteiger partial charge in [-0.1, -0.05) is 19.1 Å². The zero-order valence-electron chi connectivity index (χ0n) is 11.6. The van der Waals surface area contributed by atoms with Gasteiger partial charge in [-0.25, -0.2) is 0 Å². The van der Waals surface area contributed by atoms with Crippen LogP contribution in [0.5, 0.6) is 0 Å². The minimum Gasteiger partial charge on any atom is -0.469 e. The maximum absolute atomic E-state index is 12.2. The van der Waals surface area contributed by atoms with Crippen LogP contribution < -0.4 is 5.32 Å². The number of hydrogen-bond acceptors (Lipinski definition) is 3. The smallest absolute Gasteiger partial charge is 0.259 e. The Kier molecular flexibility index (Phi) is 3.55. The van der Waals surface area contributed by atoms with E-state index in [2.05, 4.69) is 15.5 Å². The molecule has 0 aliphatic rings. The second kappa shape index (κ2) is 5.66. The first-order valence-electron chi connectivity index (χ1n) is 6.75. The second-order valence-corrected chi connectivity index (χ2v) is 4.61. The van der Waals surface area contributed by atoms with Crippen LogP contribution in [-0.2, 0) is 6.42 Å². The summed E-state index contributed by atoms with van der Waals surface area (Å²) in [6, 6.07) is 11.2. The van der Waals surface area contributed by atoms with Crippen molar-refractivity contribution in [3.05, 3.63) is 60.2 Å². The van der Waals surface area contributed by atoms with Crippen molar-refractivity contribution < 1.29 is 9.21 Å². The zero-order valence-corrected chi connectivity index (χ0v) is 11.6. The summed E-state index contributed by atoms with van der Waals surface area (Å²) in [5.41, 5.74) is 3.28. The zero-order chi connectivity index (χ0) is 14.7. The highest BCUT2D eigenvalue weighted by Crippen LogP contribution is 2.20. The topological polar surface area (TPSA) is 70.9 Å². The van der Waals surface area contributed by atoms with Crippen molar-refractivity contribution in [1.29, 1.82) is 0 Å². The maximum Gasteiger partial charge on any atom is 0.259 e. The fourth-order valence-electron chi connectivity index (χ4n) is 2.16. The highest BCUT2D eigenvalue weighted by Gasteiger charge is 2.13. The number of carbonyl (C=O) groups excluding carboxylic acids is 1. The largest absolute Gasteiger partial charge is 0.469 e. The molecule has 1 amide bonds. The Morgan fingerprint density at radius 1 is 1.24 bits per heavy atom. The number of anilines is 1. The molecule has 21 heavy (non-hydrogen) atoms. The number of H-pyrrole nitrogens is 1. The van der Waals surface area contributed by atoms with Crippen molar-refractivity contribution in [2.45, 2.75) is 13.3 Å². The van der Waals surface area contributed by atoms with Crippen molar-refractivity contribution >= 4 is 11.6 Å². The molecule has 5 heteroatoms. The molecule has 0 saturated heterocycles. The summed E-state index contributed by atoms with van der Waals surface area (Å²) in [6.07, 6.45) is 3.93. The van der Waals surface area contributed by atoms with Crippen LogP contribution in [0, 0.1) is 0 Å². The van der Waals surface area contributed by atoms with E-state index >= 15 is 0 Å². The van der Waals surface area contributed by atoms with E-state index < -0.39 is 0 Å². The number of hydrogen-bond donors (Lipinski definition) is 2. The van der Waals surface area contributed by atoms with E-state index in [9.17, 15) is 4.79 Å². The second-order valence-electron chi connectivity index (χ2n) is 4.61. The summed E-state index contributed by atoms with van der Waals surface area (Å²) < 4.78 is 5.27. The Morgan fingerprint density at radius 2 is 2.05 bits per heavy atom. The number of aryl methyl sites for hydroxylation is 1. The van der Waals surface area contributed by atoms with Gasteiger partial charge in [0.15, 0.2) is 0 Å². The van der Waals surface area contributed by atoms with E-state index in [0.29, 0.717) is 17.7 Å². The number of nitrogens with zero attached hydrogens (tertiary/aromatic N) is 1. The highest BCUT2D eigenvalue weighted by molar-refractivity contribution is 6.05. The maximum atomic E-state index is 12.2. The fraction of sp³-hybridized carbons (Fsp3) is 0.125. The number of benzene rings is 1. The summed E-state index contributed by atoms with van der Waals surface area (Å²) >= 11 is 0. The molecule has 2 heterocycles. The molecule has 0 saturated carbocycles. The molecule has 0 fully saturated rings. The lowest BCUT2D eigenvalue weighted by Crippen LogP contribution is -2.12. The number of furan rings is 1. The van der Waals surface area contributed by atoms with E-state index in [1.165, 1.54) is 6.26 Å². The molecule has 0 atom stereocenters. The molecule has 5 nitrogen and oxygen atoms in total. The number of nitrogens with one attached hydrogen (secondary N) is 2. The van der Waals surface area contributed by atoms with Crippen LogP contribution in [0.4, 0.5) is 5.69 Å². The molecular formula is C16H15N3O2. The number of rotatable bonds is 4. The van der Waals surface area contributed by atoms with Crippen molar-refractivity contribution in [2.24, 2.45) is 0 Å². The molecule has 0 aliphatic carbocycles. The number of carbonyl (C=O) groups is 1. The number of amides is 1. The van der Waals surface area contributed by atoms with Gasteiger partial charge in [-0.05, 0) is 29.8 Å². The van der Waals surface area contributed by atoms with Gasteiger partial charge in [-0.3, -0.25) is 9.89 Å². The van der Waals surface area contributed by atoms with Crippen molar-refractivity contribution in [1.82, 2.24) is 10.2 Å². The minimum atomic E-state index is -0.158. The van der Waals surface area contributed by atoms with Crippen molar-refractivity contribution in [3.8, 4) is 11.3 Å². The molecule has 2 aromatic heterocycles. The summed E-state index contributed by atoms with van der Waals surface area (Å²) in [6.45, 7) is 1.95. The van der Waals surface area contributed by atoms with Gasteiger partial charge < -0.3 is 9.73 Å². The monoisotopic (exact) mass is 281 g/mol. The molecule has 0 bridgehead atoms. The lowest BCUT2D eigenvalue weighted by Gasteiger charge is -2.06. The summed E-state index contributed by atoms with van der Waals surface area (Å²) in [5, 5.41) is 9.69. The Morgan fingerprint density at radius 3 is 2.71 bits per heavy atom. The molecule has 3 rings (SSSR count). The van der Waals surface area contributed by atoms with Gasteiger partial charge in [0.25, 0.3) is 5.91 Å². The molecule has 0 spiro atoms. The van der Waals surface area contributed by atoms with Gasteiger partial charge in [0.05, 0.1) is 17.5 Å². The first kappa shape index (κ1) is 13.2. The fourth-order valence-corrected chi connectivity index (χ4v) is 2.16. The van der Waals surface area contributed by atoms with E-state index in [4.69, 9.17) is 4.42 Å². The normalized spacial score (nSPS) is 10.5. The first-order chi connectivity index (χ1) is 10.3. The number of aromatic amines is 1. The molecule has 0 aliphatic heterocycles. The van der Waals surface area contributed by atoms with Crippen LogP contribution in [0.25, 0.3) is 11.3 Å². The van der Waals surface area contributed by atoms with Crippen LogP contribution in [0.1, 0.15) is 23.0 Å². The molecule has 1 aromatic carbocycles. The molecule has 0 radical (unpaired) electrons. The summed E-state index contributed by atoms with van der Waals surface area (Å²) in [5.74, 6) is 0.538. The minimum absolute atomic E-state index is 0.158. The summed E-state index contributed by atoms with van der Waals surface area (Å²) in [4.78, 5) is 12.2. The first-order valence-corrected chi connectivity index (χ1v) is 6.75. The summed E-state index contributed by atoms with van der Waals surface area (Å²) in [7, 11) is 0. The van der Waals surface area contributed by atoms with Crippen molar-refractivity contribution in [2.75, 3.05) is 5.32 Å². The van der Waals surface area contributed by atoms with E-state index in [1.807, 2.05) is 37.3 Å². The van der Waals surface area contributed by atoms with Gasteiger partial charge in [-0.2, -0.15) is 5.10 Å². The Bertz CT molecular complexity index is 727. The molecule has 3 aromatic rings. The van der Waals surface area contributed by atoms with Crippen LogP contribution in [0.2, 0.25) is 0 Å². The highest BCUT2D eigenvalue weighted by atomic mass is 16.3. The Labute approximate surface area is 122 Å². The lowest BCUT2D eigenvalue weighted by atomic mass is 10.1. The van der Waals surface area contributed by atoms with Gasteiger partial charge in [0.2, 0.25) is 0 Å². The standard InChI is InChI=1S/C16H15N3O2/c1-2-15-13(8-10-21-15)16(20)18-12-5-3-11(4-6-12)14-7-9-17-19-14/h3-10H,2H2,1H3,(H,17,19)(H,18,20). The molecule has 0 unspecified atom stereocenters. The van der Waals surface area contributed by atoms with Gasteiger partial charge in [0, 0.05) is 18.3 Å². The van der Waals surface area contributed by atoms with Crippen LogP contribution in [-0.4, -0.2) is 16.1 Å². The third-order valence-electron chi connectivity index (χ3n) is 3.27. The van der Waals surface area contributed by atoms with Crippen LogP contribution in [0.3, 0.4) is 0 Å². The Hall–Kier alpha value is -2.82. The molecular weight excluding hydrogens is 266 g/mol. The quantitative estimate of drug-likeness (QED) is 0.769. The van der Waals surface area contributed by atoms with Gasteiger partial charge in [0.1, 0.15) is 5.76 Å². The van der Waals surface area contributed by atoms with Crippen LogP contribution in [0.15, 0.2) is 53.3 Å². The van der Waals surface area contributed by atoms with Gasteiger partial charge >= 0.3 is 0 Å². The molecule has 106 valence electrons. The SMILES string of the molecule is CCc1occc1C(=O)Nc1ccc(-c2ccn[nH]2)cc1. The third-order valence-corrected chi connectivity index (χ3v) is 3.27. The van der Waals surface area contributed by atoms with Gasteiger partial charge in [-0.15, -0.1) is 0 Å². The van der Waals surface area contributed by atoms with E-state index in [0.717, 1.165) is 16.9 Å². The average Bonchev–Trinajstić information content (AvgIpc) is 3.19. The number of aromatic nitrogens is 2.